The van der Waals surface area contributed by atoms with Crippen molar-refractivity contribution in [3.05, 3.63) is 0 Å². The molecule has 2 unspecified atom stereocenters. The lowest BCUT2D eigenvalue weighted by Crippen LogP contribution is -2.61. The molecular formula is C35H56O9. The van der Waals surface area contributed by atoms with Gasteiger partial charge in [0.05, 0.1) is 24.4 Å². The molecular weight excluding hydrogens is 564 g/mol. The maximum Gasteiger partial charge on any atom is 0.199 e. The fourth-order valence-corrected chi connectivity index (χ4v) is 14.0. The number of aliphatic hydroxyl groups excluding tert-OH is 4. The summed E-state index contributed by atoms with van der Waals surface area (Å²) in [6.07, 6.45) is 2.00. The van der Waals surface area contributed by atoms with E-state index in [0.29, 0.717) is 17.8 Å². The van der Waals surface area contributed by atoms with Gasteiger partial charge in [0.15, 0.2) is 12.1 Å². The third-order valence-corrected chi connectivity index (χ3v) is 15.9. The summed E-state index contributed by atoms with van der Waals surface area (Å²) in [5, 5.41) is 54.5. The van der Waals surface area contributed by atoms with Crippen molar-refractivity contribution < 1.29 is 44.5 Å². The first-order chi connectivity index (χ1) is 20.4. The van der Waals surface area contributed by atoms with Gasteiger partial charge < -0.3 is 44.5 Å². The zero-order chi connectivity index (χ0) is 31.6. The molecule has 5 aliphatic carbocycles. The van der Waals surface area contributed by atoms with Crippen LogP contribution in [0.4, 0.5) is 0 Å². The van der Waals surface area contributed by atoms with Gasteiger partial charge in [-0.3, -0.25) is 0 Å². The van der Waals surface area contributed by atoms with Crippen molar-refractivity contribution in [3.8, 4) is 0 Å². The summed E-state index contributed by atoms with van der Waals surface area (Å²) >= 11 is 0. The molecule has 2 bridgehead atoms. The molecule has 8 aliphatic rings. The Balaban J connectivity index is 1.10. The molecule has 0 aromatic rings. The summed E-state index contributed by atoms with van der Waals surface area (Å²) in [4.78, 5) is 0. The maximum absolute atomic E-state index is 12.7. The second-order valence-electron chi connectivity index (χ2n) is 18.3. The van der Waals surface area contributed by atoms with Crippen molar-refractivity contribution in [2.75, 3.05) is 6.61 Å². The van der Waals surface area contributed by atoms with Gasteiger partial charge in [0.2, 0.25) is 0 Å². The third kappa shape index (κ3) is 3.38. The molecule has 3 aliphatic heterocycles. The second kappa shape index (κ2) is 9.00. The molecule has 0 radical (unpaired) electrons. The van der Waals surface area contributed by atoms with Crippen LogP contribution in [0.1, 0.15) is 99.8 Å². The highest BCUT2D eigenvalue weighted by atomic mass is 16.8. The van der Waals surface area contributed by atoms with E-state index in [1.807, 2.05) is 0 Å². The van der Waals surface area contributed by atoms with Crippen molar-refractivity contribution in [2.45, 2.75) is 160 Å². The summed E-state index contributed by atoms with van der Waals surface area (Å²) < 4.78 is 25.8. The Morgan fingerprint density at radius 1 is 0.841 bits per heavy atom. The van der Waals surface area contributed by atoms with Crippen molar-refractivity contribution in [3.63, 3.8) is 0 Å². The van der Waals surface area contributed by atoms with Crippen LogP contribution in [-0.2, 0) is 18.9 Å². The van der Waals surface area contributed by atoms with E-state index in [9.17, 15) is 25.5 Å². The van der Waals surface area contributed by atoms with Gasteiger partial charge in [-0.25, -0.2) is 0 Å². The van der Waals surface area contributed by atoms with Gasteiger partial charge in [-0.2, -0.15) is 0 Å². The molecule has 3 heterocycles. The van der Waals surface area contributed by atoms with Gasteiger partial charge in [0, 0.05) is 11.3 Å². The van der Waals surface area contributed by atoms with E-state index in [2.05, 4.69) is 34.6 Å². The van der Waals surface area contributed by atoms with Crippen molar-refractivity contribution in [1.82, 2.24) is 0 Å². The van der Waals surface area contributed by atoms with Gasteiger partial charge >= 0.3 is 0 Å². The first-order valence-corrected chi connectivity index (χ1v) is 17.5. The fourth-order valence-electron chi connectivity index (χ4n) is 14.0. The minimum atomic E-state index is -1.28. The normalized spacial score (nSPS) is 62.2. The summed E-state index contributed by atoms with van der Waals surface area (Å²) in [5.74, 6) is 0.108. The number of fused-ring (bicyclic) bond motifs is 4. The molecule has 8 rings (SSSR count). The van der Waals surface area contributed by atoms with Crippen LogP contribution in [0.3, 0.4) is 0 Å². The number of ether oxygens (including phenoxy) is 4. The Bertz CT molecular complexity index is 1200. The molecule has 3 saturated heterocycles. The van der Waals surface area contributed by atoms with Crippen molar-refractivity contribution >= 4 is 0 Å². The molecule has 250 valence electrons. The Hall–Kier alpha value is -0.360. The van der Waals surface area contributed by atoms with Gasteiger partial charge in [0.25, 0.3) is 0 Å². The molecule has 5 saturated carbocycles. The molecule has 17 atom stereocenters. The van der Waals surface area contributed by atoms with Crippen LogP contribution in [0.15, 0.2) is 0 Å². The molecule has 9 heteroatoms. The van der Waals surface area contributed by atoms with Gasteiger partial charge in [-0.05, 0) is 105 Å². The lowest BCUT2D eigenvalue weighted by Gasteiger charge is -2.63. The maximum atomic E-state index is 12.7. The van der Waals surface area contributed by atoms with E-state index in [0.717, 1.165) is 44.9 Å². The van der Waals surface area contributed by atoms with Crippen molar-refractivity contribution in [1.29, 1.82) is 0 Å². The van der Waals surface area contributed by atoms with Crippen LogP contribution in [0.5, 0.6) is 0 Å². The van der Waals surface area contributed by atoms with Crippen LogP contribution >= 0.6 is 0 Å². The first kappa shape index (κ1) is 30.9. The molecule has 0 aromatic heterocycles. The standard InChI is InChI=1S/C35H56O9/c1-17-14-19-26(30(4,5)40)44-35(43-19)25(17)31(6)12-13-34-16-33(34)11-10-22(42-27-24(38)23(37)18(36)15-41-27)29(2,3)20(33)8-9-21(34)32(31,7)28(35)39/h17-28,36-40H,8-16H2,1-7H3/t17?,18-,19-,20+,21+,22+,23+,24-,25?,26+,27+,28-,31-,32-,33-,34+,35+/m1/s1. The van der Waals surface area contributed by atoms with E-state index >= 15 is 0 Å². The Morgan fingerprint density at radius 3 is 2.23 bits per heavy atom. The molecule has 9 nitrogen and oxygen atoms in total. The topological polar surface area (TPSA) is 138 Å². The highest BCUT2D eigenvalue weighted by molar-refractivity contribution is 5.34. The smallest absolute Gasteiger partial charge is 0.199 e. The number of hydrogen-bond donors (Lipinski definition) is 5. The number of hydrogen-bond acceptors (Lipinski definition) is 9. The quantitative estimate of drug-likeness (QED) is 0.301. The minimum absolute atomic E-state index is 0.0559. The fraction of sp³-hybridized carbons (Fsp3) is 1.00. The summed E-state index contributed by atoms with van der Waals surface area (Å²) in [6.45, 7) is 15.2. The lowest BCUT2D eigenvalue weighted by atomic mass is 9.41. The van der Waals surface area contributed by atoms with Crippen molar-refractivity contribution in [2.24, 2.45) is 50.7 Å². The Morgan fingerprint density at radius 2 is 1.52 bits per heavy atom. The number of aliphatic hydroxyl groups is 5. The highest BCUT2D eigenvalue weighted by Crippen LogP contribution is 2.90. The van der Waals surface area contributed by atoms with Crippen LogP contribution < -0.4 is 0 Å². The van der Waals surface area contributed by atoms with Crippen LogP contribution in [0.25, 0.3) is 0 Å². The van der Waals surface area contributed by atoms with E-state index < -0.39 is 48.2 Å². The van der Waals surface area contributed by atoms with E-state index in [1.54, 1.807) is 13.8 Å². The van der Waals surface area contributed by atoms with E-state index in [-0.39, 0.29) is 51.8 Å². The van der Waals surface area contributed by atoms with Crippen LogP contribution in [0.2, 0.25) is 0 Å². The lowest BCUT2D eigenvalue weighted by molar-refractivity contribution is -0.303. The zero-order valence-corrected chi connectivity index (χ0v) is 27.7. The predicted molar refractivity (Wildman–Crippen MR) is 159 cm³/mol. The van der Waals surface area contributed by atoms with E-state index in [4.69, 9.17) is 18.9 Å². The largest absolute Gasteiger partial charge is 0.388 e. The Kier molecular flexibility index (Phi) is 6.33. The van der Waals surface area contributed by atoms with Gasteiger partial charge in [-0.1, -0.05) is 34.6 Å². The Labute approximate surface area is 262 Å². The molecule has 3 spiro atoms. The van der Waals surface area contributed by atoms with Gasteiger partial charge in [0.1, 0.15) is 30.5 Å². The minimum Gasteiger partial charge on any atom is -0.388 e. The highest BCUT2D eigenvalue weighted by Gasteiger charge is 2.88. The zero-order valence-electron chi connectivity index (χ0n) is 27.7. The first-order valence-electron chi connectivity index (χ1n) is 17.5. The third-order valence-electron chi connectivity index (χ3n) is 15.9. The molecule has 8 fully saturated rings. The average molecular weight is 621 g/mol. The van der Waals surface area contributed by atoms with Gasteiger partial charge in [-0.15, -0.1) is 0 Å². The SMILES string of the molecule is CC1C[C@H]2O[C@]3(O[C@@H]2C(C)(C)O)C1[C@@]1(C)CC[C@@]24C[C@@]25CC[C@H](O[C@@H]2OC[C@@H](O)[C@H](O)[C@H]2O)C(C)(C)[C@@H]5CC[C@H]4[C@]1(C)[C@H]3O. The summed E-state index contributed by atoms with van der Waals surface area (Å²) in [7, 11) is 0. The number of rotatable bonds is 3. The van der Waals surface area contributed by atoms with E-state index in [1.165, 1.54) is 6.42 Å². The molecule has 44 heavy (non-hydrogen) atoms. The molecule has 0 amide bonds. The monoisotopic (exact) mass is 620 g/mol. The predicted octanol–water partition coefficient (Wildman–Crippen LogP) is 3.12. The van der Waals surface area contributed by atoms with Crippen LogP contribution in [0, 0.1) is 50.7 Å². The van der Waals surface area contributed by atoms with Crippen LogP contribution in [-0.4, -0.2) is 92.5 Å². The average Bonchev–Trinajstić information content (AvgIpc) is 3.45. The second-order valence-corrected chi connectivity index (χ2v) is 18.3. The summed E-state index contributed by atoms with van der Waals surface area (Å²) in [5.41, 5.74) is -1.39. The molecule has 5 N–H and O–H groups in total. The molecule has 0 aromatic carbocycles. The summed E-state index contributed by atoms with van der Waals surface area (Å²) in [6, 6.07) is 0.